The second-order valence-corrected chi connectivity index (χ2v) is 8.16. The molecule has 1 aromatic carbocycles. The molecule has 2 aliphatic heterocycles. The lowest BCUT2D eigenvalue weighted by atomic mass is 9.97. The third-order valence-electron chi connectivity index (χ3n) is 4.21. The molecular formula is C15H18N2O3S. The number of carbonyl (C=O) groups excluding carboxylic acids is 2. The molecule has 5 nitrogen and oxygen atoms in total. The first-order valence-corrected chi connectivity index (χ1v) is 8.17. The molecule has 3 atom stereocenters. The number of amides is 2. The lowest BCUT2D eigenvalue weighted by molar-refractivity contribution is -0.150. The van der Waals surface area contributed by atoms with E-state index in [1.807, 2.05) is 30.3 Å². The van der Waals surface area contributed by atoms with E-state index in [4.69, 9.17) is 0 Å². The van der Waals surface area contributed by atoms with E-state index in [9.17, 15) is 14.1 Å². The highest BCUT2D eigenvalue weighted by Gasteiger charge is 2.67. The molecule has 0 unspecified atom stereocenters. The van der Waals surface area contributed by atoms with Gasteiger partial charge in [0.05, 0.1) is 6.42 Å². The van der Waals surface area contributed by atoms with Gasteiger partial charge in [-0.1, -0.05) is 30.3 Å². The number of fused-ring (bicyclic) bond motifs is 1. The van der Waals surface area contributed by atoms with E-state index < -0.39 is 22.0 Å². The highest BCUT2D eigenvalue weighted by molar-refractivity contribution is 7.93. The third kappa shape index (κ3) is 2.22. The Morgan fingerprint density at radius 3 is 2.71 bits per heavy atom. The Morgan fingerprint density at radius 1 is 1.43 bits per heavy atom. The zero-order valence-corrected chi connectivity index (χ0v) is 12.9. The van der Waals surface area contributed by atoms with Crippen molar-refractivity contribution in [3.8, 4) is 0 Å². The summed E-state index contributed by atoms with van der Waals surface area (Å²) in [7, 11) is 0. The Bertz CT molecular complexity index is 576. The van der Waals surface area contributed by atoms with Gasteiger partial charge in [-0.25, -0.2) is 0 Å². The van der Waals surface area contributed by atoms with Crippen molar-refractivity contribution in [2.75, 3.05) is 0 Å². The van der Waals surface area contributed by atoms with E-state index in [1.54, 1.807) is 13.8 Å². The number of hydrogen-bond acceptors (Lipinski definition) is 3. The van der Waals surface area contributed by atoms with Crippen molar-refractivity contribution < 1.29 is 14.1 Å². The summed E-state index contributed by atoms with van der Waals surface area (Å²) in [5.74, 6) is -0.313. The van der Waals surface area contributed by atoms with Crippen LogP contribution in [0.1, 0.15) is 25.8 Å². The van der Waals surface area contributed by atoms with Crippen LogP contribution in [0.15, 0.2) is 30.3 Å². The third-order valence-corrected chi connectivity index (χ3v) is 6.36. The molecule has 1 N–H and O–H groups in total. The number of β-lactam (4-membered cyclic amide) rings is 1. The fraction of sp³-hybridized carbons (Fsp3) is 0.467. The first kappa shape index (κ1) is 14.4. The second kappa shape index (κ2) is 5.03. The van der Waals surface area contributed by atoms with Gasteiger partial charge < -0.3 is 9.87 Å². The molecular weight excluding hydrogens is 288 g/mol. The number of nitrogens with one attached hydrogen (secondary N) is 1. The first-order chi connectivity index (χ1) is 9.93. The monoisotopic (exact) mass is 306 g/mol. The zero-order chi connectivity index (χ0) is 15.2. The van der Waals surface area contributed by atoms with Crippen LogP contribution in [-0.4, -0.2) is 37.4 Å². The maximum absolute atomic E-state index is 12.5. The van der Waals surface area contributed by atoms with Crippen LogP contribution in [0, 0.1) is 0 Å². The number of rotatable bonds is 3. The highest BCUT2D eigenvalue weighted by Crippen LogP contribution is 2.45. The number of carbonyl (C=O) groups is 2. The summed E-state index contributed by atoms with van der Waals surface area (Å²) in [6.07, 6.45) is 0.290. The minimum atomic E-state index is -1.20. The highest BCUT2D eigenvalue weighted by atomic mass is 32.2. The minimum absolute atomic E-state index is 0.0845. The van der Waals surface area contributed by atoms with E-state index in [1.165, 1.54) is 4.90 Å². The van der Waals surface area contributed by atoms with Crippen LogP contribution in [0.25, 0.3) is 0 Å². The fourth-order valence-electron chi connectivity index (χ4n) is 3.01. The van der Waals surface area contributed by atoms with Crippen LogP contribution in [0.3, 0.4) is 0 Å². The van der Waals surface area contributed by atoms with Gasteiger partial charge in [-0.05, 0) is 30.6 Å². The number of hydrogen-bond donors (Lipinski definition) is 1. The molecule has 0 aromatic heterocycles. The summed E-state index contributed by atoms with van der Waals surface area (Å²) >= 11 is -1.20. The summed E-state index contributed by atoms with van der Waals surface area (Å²) in [6.45, 7) is 3.99. The standard InChI is InChI=1S/C15H18N2O3S/c1-15(2)13(17-11(18)8-12(17)21(15)20)14(19)16-9-10-6-4-3-5-7-10/h3-7,12-13H,8-9H2,1-2H3,(H,16,19)/t12-,13+,21+/m1/s1. The fourth-order valence-corrected chi connectivity index (χ4v) is 4.89. The Balaban J connectivity index is 1.73. The molecule has 0 spiro atoms. The van der Waals surface area contributed by atoms with Crippen molar-refractivity contribution in [3.63, 3.8) is 0 Å². The van der Waals surface area contributed by atoms with Gasteiger partial charge in [-0.15, -0.1) is 0 Å². The Kier molecular flexibility index (Phi) is 3.45. The predicted octanol–water partition coefficient (Wildman–Crippen LogP) is 0.771. The molecule has 6 heteroatoms. The molecule has 0 bridgehead atoms. The number of benzene rings is 1. The SMILES string of the molecule is CC1(C)[C@H](C(=O)NCc2ccccc2)N2C(=O)C[C@H]2[S@+]1[O-]. The first-order valence-electron chi connectivity index (χ1n) is 6.96. The lowest BCUT2D eigenvalue weighted by Crippen LogP contribution is -2.59. The summed E-state index contributed by atoms with van der Waals surface area (Å²) in [6, 6.07) is 8.94. The van der Waals surface area contributed by atoms with Gasteiger partial charge in [0.1, 0.15) is 0 Å². The summed E-state index contributed by atoms with van der Waals surface area (Å²) in [5.41, 5.74) is 0.995. The zero-order valence-electron chi connectivity index (χ0n) is 12.0. The molecule has 2 heterocycles. The number of nitrogens with zero attached hydrogens (tertiary/aromatic N) is 1. The molecule has 0 saturated carbocycles. The smallest absolute Gasteiger partial charge is 0.248 e. The average molecular weight is 306 g/mol. The summed E-state index contributed by atoms with van der Waals surface area (Å²) in [4.78, 5) is 25.7. The average Bonchev–Trinajstić information content (AvgIpc) is 2.63. The Labute approximate surface area is 126 Å². The van der Waals surface area contributed by atoms with Gasteiger partial charge in [0.2, 0.25) is 17.2 Å². The van der Waals surface area contributed by atoms with E-state index in [0.717, 1.165) is 5.56 Å². The van der Waals surface area contributed by atoms with Gasteiger partial charge in [-0.2, -0.15) is 0 Å². The molecule has 2 saturated heterocycles. The van der Waals surface area contributed by atoms with Gasteiger partial charge in [-0.3, -0.25) is 14.5 Å². The molecule has 2 fully saturated rings. The topological polar surface area (TPSA) is 72.5 Å². The Hall–Kier alpha value is -1.53. The minimum Gasteiger partial charge on any atom is -0.614 e. The van der Waals surface area contributed by atoms with Crippen molar-refractivity contribution >= 4 is 23.0 Å². The predicted molar refractivity (Wildman–Crippen MR) is 79.5 cm³/mol. The van der Waals surface area contributed by atoms with Crippen LogP contribution in [-0.2, 0) is 27.3 Å². The van der Waals surface area contributed by atoms with Gasteiger partial charge in [0.15, 0.2) is 10.8 Å². The quantitative estimate of drug-likeness (QED) is 0.662. The molecule has 2 aliphatic rings. The van der Waals surface area contributed by atoms with Gasteiger partial charge >= 0.3 is 0 Å². The van der Waals surface area contributed by atoms with Crippen LogP contribution >= 0.6 is 0 Å². The van der Waals surface area contributed by atoms with Crippen molar-refractivity contribution in [2.24, 2.45) is 0 Å². The van der Waals surface area contributed by atoms with Gasteiger partial charge in [0.25, 0.3) is 0 Å². The van der Waals surface area contributed by atoms with Crippen molar-refractivity contribution in [3.05, 3.63) is 35.9 Å². The van der Waals surface area contributed by atoms with E-state index in [0.29, 0.717) is 13.0 Å². The van der Waals surface area contributed by atoms with E-state index in [-0.39, 0.29) is 17.2 Å². The van der Waals surface area contributed by atoms with Gasteiger partial charge in [0, 0.05) is 6.54 Å². The van der Waals surface area contributed by atoms with Crippen molar-refractivity contribution in [2.45, 2.75) is 43.0 Å². The lowest BCUT2D eigenvalue weighted by Gasteiger charge is -2.34. The summed E-state index contributed by atoms with van der Waals surface area (Å²) in [5, 5.41) is 2.56. The molecule has 0 radical (unpaired) electrons. The normalized spacial score (nSPS) is 29.8. The van der Waals surface area contributed by atoms with Crippen LogP contribution in [0.4, 0.5) is 0 Å². The van der Waals surface area contributed by atoms with E-state index >= 15 is 0 Å². The molecule has 21 heavy (non-hydrogen) atoms. The van der Waals surface area contributed by atoms with Crippen LogP contribution < -0.4 is 5.32 Å². The molecule has 3 rings (SSSR count). The molecule has 2 amide bonds. The molecule has 1 aromatic rings. The van der Waals surface area contributed by atoms with Crippen molar-refractivity contribution in [1.29, 1.82) is 0 Å². The Morgan fingerprint density at radius 2 is 2.10 bits per heavy atom. The summed E-state index contributed by atoms with van der Waals surface area (Å²) < 4.78 is 11.6. The van der Waals surface area contributed by atoms with Crippen LogP contribution in [0.2, 0.25) is 0 Å². The van der Waals surface area contributed by atoms with E-state index in [2.05, 4.69) is 5.32 Å². The van der Waals surface area contributed by atoms with Crippen LogP contribution in [0.5, 0.6) is 0 Å². The van der Waals surface area contributed by atoms with Crippen molar-refractivity contribution in [1.82, 2.24) is 10.2 Å². The maximum atomic E-state index is 12.5. The largest absolute Gasteiger partial charge is 0.614 e. The molecule has 0 aliphatic carbocycles. The molecule has 112 valence electrons. The second-order valence-electron chi connectivity index (χ2n) is 5.97. The maximum Gasteiger partial charge on any atom is 0.248 e.